The Morgan fingerprint density at radius 3 is 2.34 bits per heavy atom. The minimum atomic E-state index is -0.0655. The van der Waals surface area contributed by atoms with Crippen molar-refractivity contribution in [2.45, 2.75) is 53.1 Å². The molecule has 0 heterocycles. The molecular formula is C25H39NO3. The molecule has 0 aromatic heterocycles. The Morgan fingerprint density at radius 1 is 1.14 bits per heavy atom. The van der Waals surface area contributed by atoms with E-state index in [0.717, 1.165) is 37.1 Å². The standard InChI is InChI=1S/C23H33NO3.C2H6/c1-17(2)27-16-19-6-7-21(22(12-19)14-25)13-24(4)23-10-8-20(9-11-23)18(3)15-26-5;1-2/h6-11,14,17-18,22H,12-13,15-16H2,1-5H3;1-2H3. The molecule has 1 aromatic rings. The number of allylic oxidation sites excluding steroid dienone is 2. The van der Waals surface area contributed by atoms with Crippen molar-refractivity contribution < 1.29 is 14.3 Å². The van der Waals surface area contributed by atoms with Crippen LogP contribution in [0, 0.1) is 5.92 Å². The van der Waals surface area contributed by atoms with Gasteiger partial charge in [-0.3, -0.25) is 0 Å². The second-order valence-corrected chi connectivity index (χ2v) is 7.68. The van der Waals surface area contributed by atoms with Crippen LogP contribution in [0.25, 0.3) is 0 Å². The van der Waals surface area contributed by atoms with Crippen LogP contribution in [0.5, 0.6) is 0 Å². The zero-order chi connectivity index (χ0) is 21.8. The second-order valence-electron chi connectivity index (χ2n) is 7.68. The Morgan fingerprint density at radius 2 is 1.79 bits per heavy atom. The van der Waals surface area contributed by atoms with Crippen LogP contribution >= 0.6 is 0 Å². The van der Waals surface area contributed by atoms with Crippen LogP contribution in [0.1, 0.15) is 52.5 Å². The third-order valence-electron chi connectivity index (χ3n) is 5.00. The number of carbonyl (C=O) groups excluding carboxylic acids is 1. The fourth-order valence-electron chi connectivity index (χ4n) is 3.29. The number of benzene rings is 1. The number of rotatable bonds is 10. The zero-order valence-electron chi connectivity index (χ0n) is 19.3. The van der Waals surface area contributed by atoms with Crippen molar-refractivity contribution in [1.29, 1.82) is 0 Å². The quantitative estimate of drug-likeness (QED) is 0.492. The van der Waals surface area contributed by atoms with E-state index in [0.29, 0.717) is 12.5 Å². The molecule has 2 rings (SSSR count). The molecule has 1 aliphatic carbocycles. The van der Waals surface area contributed by atoms with Crippen molar-refractivity contribution in [3.8, 4) is 0 Å². The normalized spacial score (nSPS) is 17.0. The highest BCUT2D eigenvalue weighted by Gasteiger charge is 2.20. The van der Waals surface area contributed by atoms with Crippen LogP contribution in [0.15, 0.2) is 47.6 Å². The molecule has 0 spiro atoms. The molecule has 0 bridgehead atoms. The molecule has 0 amide bonds. The molecule has 0 N–H and O–H groups in total. The van der Waals surface area contributed by atoms with Gasteiger partial charge in [0, 0.05) is 38.2 Å². The van der Waals surface area contributed by atoms with Crippen molar-refractivity contribution in [3.63, 3.8) is 0 Å². The number of anilines is 1. The number of hydrogen-bond acceptors (Lipinski definition) is 4. The smallest absolute Gasteiger partial charge is 0.127 e. The molecule has 0 saturated carbocycles. The van der Waals surface area contributed by atoms with Crippen LogP contribution in [-0.4, -0.2) is 46.3 Å². The maximum Gasteiger partial charge on any atom is 0.127 e. The van der Waals surface area contributed by atoms with Crippen LogP contribution in [-0.2, 0) is 14.3 Å². The molecule has 2 atom stereocenters. The fourth-order valence-corrected chi connectivity index (χ4v) is 3.29. The highest BCUT2D eigenvalue weighted by molar-refractivity contribution is 5.62. The average molecular weight is 402 g/mol. The predicted molar refractivity (Wildman–Crippen MR) is 123 cm³/mol. The monoisotopic (exact) mass is 401 g/mol. The number of nitrogens with zero attached hydrogens (tertiary/aromatic N) is 1. The summed E-state index contributed by atoms with van der Waals surface area (Å²) in [4.78, 5) is 13.8. The molecule has 0 fully saturated rings. The SMILES string of the molecule is CC.COCC(C)c1ccc(N(C)CC2=CC=C(COC(C)C)CC2C=O)cc1. The summed E-state index contributed by atoms with van der Waals surface area (Å²) in [5.74, 6) is 0.315. The highest BCUT2D eigenvalue weighted by Crippen LogP contribution is 2.27. The topological polar surface area (TPSA) is 38.8 Å². The van der Waals surface area contributed by atoms with E-state index in [1.807, 2.05) is 27.7 Å². The molecule has 1 aromatic carbocycles. The minimum absolute atomic E-state index is 0.0655. The van der Waals surface area contributed by atoms with Gasteiger partial charge >= 0.3 is 0 Å². The first-order valence-corrected chi connectivity index (χ1v) is 10.7. The molecule has 1 aliphatic rings. The molecule has 0 saturated heterocycles. The summed E-state index contributed by atoms with van der Waals surface area (Å²) >= 11 is 0. The summed E-state index contributed by atoms with van der Waals surface area (Å²) in [5, 5.41) is 0. The van der Waals surface area contributed by atoms with E-state index in [4.69, 9.17) is 9.47 Å². The lowest BCUT2D eigenvalue weighted by atomic mass is 9.88. The third kappa shape index (κ3) is 8.15. The van der Waals surface area contributed by atoms with E-state index in [9.17, 15) is 4.79 Å². The van der Waals surface area contributed by atoms with Crippen LogP contribution < -0.4 is 4.90 Å². The maximum atomic E-state index is 11.6. The Bertz CT molecular complexity index is 661. The summed E-state index contributed by atoms with van der Waals surface area (Å²) in [7, 11) is 3.80. The van der Waals surface area contributed by atoms with Crippen molar-refractivity contribution >= 4 is 12.0 Å². The molecule has 162 valence electrons. The Kier molecular flexibility index (Phi) is 11.6. The lowest BCUT2D eigenvalue weighted by molar-refractivity contribution is -0.110. The maximum absolute atomic E-state index is 11.6. The fraction of sp³-hybridized carbons (Fsp3) is 0.560. The molecule has 0 radical (unpaired) electrons. The summed E-state index contributed by atoms with van der Waals surface area (Å²) in [6.45, 7) is 12.3. The van der Waals surface area contributed by atoms with Crippen molar-refractivity contribution in [2.24, 2.45) is 5.92 Å². The number of aldehydes is 1. The molecule has 4 nitrogen and oxygen atoms in total. The van der Waals surface area contributed by atoms with Crippen LogP contribution in [0.3, 0.4) is 0 Å². The van der Waals surface area contributed by atoms with Crippen molar-refractivity contribution in [1.82, 2.24) is 0 Å². The predicted octanol–water partition coefficient (Wildman–Crippen LogP) is 5.40. The van der Waals surface area contributed by atoms with Gasteiger partial charge in [0.25, 0.3) is 0 Å². The summed E-state index contributed by atoms with van der Waals surface area (Å²) < 4.78 is 10.9. The van der Waals surface area contributed by atoms with Gasteiger partial charge in [-0.2, -0.15) is 0 Å². The first-order valence-electron chi connectivity index (χ1n) is 10.7. The second kappa shape index (κ2) is 13.3. The van der Waals surface area contributed by atoms with Gasteiger partial charge in [-0.05, 0) is 49.1 Å². The number of carbonyl (C=O) groups is 1. The first kappa shape index (κ1) is 25.1. The van der Waals surface area contributed by atoms with Gasteiger partial charge in [-0.25, -0.2) is 0 Å². The zero-order valence-corrected chi connectivity index (χ0v) is 19.3. The van der Waals surface area contributed by atoms with E-state index in [2.05, 4.69) is 55.3 Å². The molecule has 0 aliphatic heterocycles. The lowest BCUT2D eigenvalue weighted by Gasteiger charge is -2.27. The van der Waals surface area contributed by atoms with Gasteiger partial charge in [0.1, 0.15) is 6.29 Å². The molecule has 29 heavy (non-hydrogen) atoms. The van der Waals surface area contributed by atoms with Gasteiger partial charge in [-0.15, -0.1) is 0 Å². The molecular weight excluding hydrogens is 362 g/mol. The van der Waals surface area contributed by atoms with Gasteiger partial charge < -0.3 is 19.2 Å². The van der Waals surface area contributed by atoms with E-state index < -0.39 is 0 Å². The Balaban J connectivity index is 0.00000204. The molecule has 2 unspecified atom stereocenters. The van der Waals surface area contributed by atoms with E-state index in [-0.39, 0.29) is 12.0 Å². The Hall–Kier alpha value is -1.91. The summed E-state index contributed by atoms with van der Waals surface area (Å²) in [6, 6.07) is 8.59. The van der Waals surface area contributed by atoms with Crippen LogP contribution in [0.4, 0.5) is 5.69 Å². The number of hydrogen-bond donors (Lipinski definition) is 0. The van der Waals surface area contributed by atoms with Crippen molar-refractivity contribution in [3.05, 3.63) is 53.1 Å². The van der Waals surface area contributed by atoms with Gasteiger partial charge in [-0.1, -0.05) is 45.1 Å². The average Bonchev–Trinajstić information content (AvgIpc) is 2.74. The van der Waals surface area contributed by atoms with E-state index in [1.54, 1.807) is 7.11 Å². The minimum Gasteiger partial charge on any atom is -0.384 e. The highest BCUT2D eigenvalue weighted by atomic mass is 16.5. The lowest BCUT2D eigenvalue weighted by Crippen LogP contribution is -2.26. The number of likely N-dealkylation sites (N-methyl/N-ethyl adjacent to an activating group) is 1. The summed E-state index contributed by atoms with van der Waals surface area (Å²) in [5.41, 5.74) is 4.75. The van der Waals surface area contributed by atoms with Gasteiger partial charge in [0.2, 0.25) is 0 Å². The van der Waals surface area contributed by atoms with E-state index >= 15 is 0 Å². The van der Waals surface area contributed by atoms with Crippen LogP contribution in [0.2, 0.25) is 0 Å². The van der Waals surface area contributed by atoms with Gasteiger partial charge in [0.05, 0.1) is 19.3 Å². The number of ether oxygens (including phenoxy) is 2. The van der Waals surface area contributed by atoms with Crippen molar-refractivity contribution in [2.75, 3.05) is 38.8 Å². The third-order valence-corrected chi connectivity index (χ3v) is 5.00. The van der Waals surface area contributed by atoms with E-state index in [1.165, 1.54) is 11.1 Å². The first-order chi connectivity index (χ1) is 13.9. The Labute approximate surface area is 177 Å². The molecule has 4 heteroatoms. The summed E-state index contributed by atoms with van der Waals surface area (Å²) in [6.07, 6.45) is 6.22. The van der Waals surface area contributed by atoms with Gasteiger partial charge in [0.15, 0.2) is 0 Å². The largest absolute Gasteiger partial charge is 0.384 e. The number of methoxy groups -OCH3 is 1.